The summed E-state index contributed by atoms with van der Waals surface area (Å²) in [6, 6.07) is 6.25. The number of anilines is 1. The fourth-order valence-electron chi connectivity index (χ4n) is 1.90. The lowest BCUT2D eigenvalue weighted by Gasteiger charge is -2.19. The third-order valence-corrected chi connectivity index (χ3v) is 3.28. The van der Waals surface area contributed by atoms with E-state index in [-0.39, 0.29) is 0 Å². The van der Waals surface area contributed by atoms with Gasteiger partial charge in [-0.15, -0.1) is 0 Å². The van der Waals surface area contributed by atoms with Crippen molar-refractivity contribution < 1.29 is 0 Å². The number of aromatic nitrogens is 3. The highest BCUT2D eigenvalue weighted by Crippen LogP contribution is 2.28. The maximum atomic E-state index is 6.26. The maximum Gasteiger partial charge on any atom is 0.138 e. The molecule has 1 heterocycles. The lowest BCUT2D eigenvalue weighted by molar-refractivity contribution is 0.670. The zero-order chi connectivity index (χ0) is 13.0. The summed E-state index contributed by atoms with van der Waals surface area (Å²) >= 11 is 6.26. The summed E-state index contributed by atoms with van der Waals surface area (Å²) in [7, 11) is 0. The van der Waals surface area contributed by atoms with Crippen LogP contribution >= 0.6 is 11.6 Å². The Morgan fingerprint density at radius 2 is 2.11 bits per heavy atom. The van der Waals surface area contributed by atoms with Gasteiger partial charge in [-0.3, -0.25) is 0 Å². The molecule has 1 aromatic heterocycles. The molecular formula is C13H17ClN4. The standard InChI is InChI=1S/C13H17ClN4/c1-3-10(4-2)17-12-7-5-6-11(14)13(12)18-9-15-8-16-18/h5-10,17H,3-4H2,1-2H3. The molecule has 0 bridgehead atoms. The zero-order valence-electron chi connectivity index (χ0n) is 10.6. The molecule has 0 aliphatic carbocycles. The highest BCUT2D eigenvalue weighted by molar-refractivity contribution is 6.33. The topological polar surface area (TPSA) is 42.7 Å². The van der Waals surface area contributed by atoms with Gasteiger partial charge in [0.15, 0.2) is 0 Å². The molecule has 4 nitrogen and oxygen atoms in total. The van der Waals surface area contributed by atoms with Crippen molar-refractivity contribution in [3.05, 3.63) is 35.9 Å². The third kappa shape index (κ3) is 2.64. The van der Waals surface area contributed by atoms with E-state index in [1.165, 1.54) is 6.33 Å². The van der Waals surface area contributed by atoms with E-state index in [9.17, 15) is 0 Å². The summed E-state index contributed by atoms with van der Waals surface area (Å²) in [4.78, 5) is 3.97. The van der Waals surface area contributed by atoms with E-state index in [1.54, 1.807) is 11.0 Å². The number of benzene rings is 1. The van der Waals surface area contributed by atoms with Crippen molar-refractivity contribution in [2.45, 2.75) is 32.7 Å². The first-order valence-corrected chi connectivity index (χ1v) is 6.54. The Morgan fingerprint density at radius 1 is 1.33 bits per heavy atom. The molecule has 0 amide bonds. The van der Waals surface area contributed by atoms with Gasteiger partial charge in [0.1, 0.15) is 18.3 Å². The molecule has 0 saturated heterocycles. The predicted octanol–water partition coefficient (Wildman–Crippen LogP) is 3.52. The van der Waals surface area contributed by atoms with Crippen molar-refractivity contribution in [1.82, 2.24) is 14.8 Å². The summed E-state index contributed by atoms with van der Waals surface area (Å²) in [5.74, 6) is 0. The van der Waals surface area contributed by atoms with Crippen LogP contribution in [0.4, 0.5) is 5.69 Å². The Kier molecular flexibility index (Phi) is 4.20. The Morgan fingerprint density at radius 3 is 2.72 bits per heavy atom. The third-order valence-electron chi connectivity index (χ3n) is 2.98. The molecule has 0 saturated carbocycles. The summed E-state index contributed by atoms with van der Waals surface area (Å²) in [6.45, 7) is 4.34. The lowest BCUT2D eigenvalue weighted by atomic mass is 10.1. The molecule has 1 N–H and O–H groups in total. The molecular weight excluding hydrogens is 248 g/mol. The van der Waals surface area contributed by atoms with Crippen LogP contribution in [0.25, 0.3) is 5.69 Å². The number of rotatable bonds is 5. The normalized spacial score (nSPS) is 10.9. The summed E-state index contributed by atoms with van der Waals surface area (Å²) in [5, 5.41) is 8.31. The molecule has 1 aromatic carbocycles. The molecule has 0 unspecified atom stereocenters. The fourth-order valence-corrected chi connectivity index (χ4v) is 2.16. The Bertz CT molecular complexity index is 492. The number of halogens is 1. The van der Waals surface area contributed by atoms with Gasteiger partial charge >= 0.3 is 0 Å². The summed E-state index contributed by atoms with van der Waals surface area (Å²) in [5.41, 5.74) is 1.84. The van der Waals surface area contributed by atoms with Crippen LogP contribution < -0.4 is 5.32 Å². The first-order chi connectivity index (χ1) is 8.76. The van der Waals surface area contributed by atoms with Gasteiger partial charge in [0, 0.05) is 6.04 Å². The fraction of sp³-hybridized carbons (Fsp3) is 0.385. The van der Waals surface area contributed by atoms with E-state index in [0.29, 0.717) is 11.1 Å². The molecule has 0 fully saturated rings. The molecule has 0 atom stereocenters. The van der Waals surface area contributed by atoms with E-state index in [2.05, 4.69) is 29.2 Å². The van der Waals surface area contributed by atoms with E-state index in [1.807, 2.05) is 18.2 Å². The van der Waals surface area contributed by atoms with E-state index in [4.69, 9.17) is 11.6 Å². The van der Waals surface area contributed by atoms with Crippen molar-refractivity contribution in [2.24, 2.45) is 0 Å². The average molecular weight is 265 g/mol. The molecule has 2 rings (SSSR count). The number of hydrogen-bond acceptors (Lipinski definition) is 3. The van der Waals surface area contributed by atoms with Crippen molar-refractivity contribution in [3.8, 4) is 5.69 Å². The minimum atomic E-state index is 0.436. The minimum Gasteiger partial charge on any atom is -0.381 e. The Hall–Kier alpha value is -1.55. The van der Waals surface area contributed by atoms with Gasteiger partial charge in [0.2, 0.25) is 0 Å². The number of nitrogens with one attached hydrogen (secondary N) is 1. The molecule has 0 radical (unpaired) electrons. The molecule has 2 aromatic rings. The van der Waals surface area contributed by atoms with E-state index >= 15 is 0 Å². The molecule has 0 aliphatic rings. The maximum absolute atomic E-state index is 6.26. The van der Waals surface area contributed by atoms with Gasteiger partial charge in [-0.05, 0) is 25.0 Å². The average Bonchev–Trinajstić information content (AvgIpc) is 2.89. The number of hydrogen-bond donors (Lipinski definition) is 1. The first-order valence-electron chi connectivity index (χ1n) is 6.16. The monoisotopic (exact) mass is 264 g/mol. The summed E-state index contributed by atoms with van der Waals surface area (Å²) in [6.07, 6.45) is 5.29. The van der Waals surface area contributed by atoms with Crippen molar-refractivity contribution >= 4 is 17.3 Å². The van der Waals surface area contributed by atoms with Crippen LogP contribution in [0.3, 0.4) is 0 Å². The molecule has 18 heavy (non-hydrogen) atoms. The molecule has 0 spiro atoms. The molecule has 96 valence electrons. The second-order valence-electron chi connectivity index (χ2n) is 4.13. The van der Waals surface area contributed by atoms with Gasteiger partial charge in [-0.1, -0.05) is 31.5 Å². The van der Waals surface area contributed by atoms with Crippen LogP contribution in [-0.2, 0) is 0 Å². The predicted molar refractivity (Wildman–Crippen MR) is 74.4 cm³/mol. The van der Waals surface area contributed by atoms with Crippen LogP contribution in [0.2, 0.25) is 5.02 Å². The van der Waals surface area contributed by atoms with Crippen molar-refractivity contribution in [1.29, 1.82) is 0 Å². The van der Waals surface area contributed by atoms with Gasteiger partial charge in [0.25, 0.3) is 0 Å². The highest BCUT2D eigenvalue weighted by Gasteiger charge is 2.12. The molecule has 0 aliphatic heterocycles. The second-order valence-corrected chi connectivity index (χ2v) is 4.54. The highest BCUT2D eigenvalue weighted by atomic mass is 35.5. The largest absolute Gasteiger partial charge is 0.381 e. The Labute approximate surface area is 112 Å². The van der Waals surface area contributed by atoms with Gasteiger partial charge in [-0.2, -0.15) is 5.10 Å². The lowest BCUT2D eigenvalue weighted by Crippen LogP contribution is -2.18. The van der Waals surface area contributed by atoms with Gasteiger partial charge in [0.05, 0.1) is 10.7 Å². The van der Waals surface area contributed by atoms with Gasteiger partial charge in [-0.25, -0.2) is 9.67 Å². The number of nitrogens with zero attached hydrogens (tertiary/aromatic N) is 3. The van der Waals surface area contributed by atoms with E-state index in [0.717, 1.165) is 24.2 Å². The molecule has 5 heteroatoms. The second kappa shape index (κ2) is 5.87. The van der Waals surface area contributed by atoms with E-state index < -0.39 is 0 Å². The van der Waals surface area contributed by atoms with Crippen molar-refractivity contribution in [2.75, 3.05) is 5.32 Å². The van der Waals surface area contributed by atoms with Crippen molar-refractivity contribution in [3.63, 3.8) is 0 Å². The van der Waals surface area contributed by atoms with Crippen LogP contribution in [0.15, 0.2) is 30.9 Å². The van der Waals surface area contributed by atoms with Crippen LogP contribution in [0.1, 0.15) is 26.7 Å². The minimum absolute atomic E-state index is 0.436. The van der Waals surface area contributed by atoms with Gasteiger partial charge < -0.3 is 5.32 Å². The Balaban J connectivity index is 2.38. The summed E-state index contributed by atoms with van der Waals surface area (Å²) < 4.78 is 1.69. The first kappa shape index (κ1) is 12.9. The van der Waals surface area contributed by atoms with Crippen LogP contribution in [0.5, 0.6) is 0 Å². The zero-order valence-corrected chi connectivity index (χ0v) is 11.4. The van der Waals surface area contributed by atoms with Crippen LogP contribution in [-0.4, -0.2) is 20.8 Å². The SMILES string of the molecule is CCC(CC)Nc1cccc(Cl)c1-n1cncn1. The van der Waals surface area contributed by atoms with Crippen LogP contribution in [0, 0.1) is 0 Å². The number of para-hydroxylation sites is 1. The smallest absolute Gasteiger partial charge is 0.138 e. The quantitative estimate of drug-likeness (QED) is 0.899.